The molecule has 0 atom stereocenters. The first-order valence-electron chi connectivity index (χ1n) is 7.13. The summed E-state index contributed by atoms with van der Waals surface area (Å²) >= 11 is 0. The summed E-state index contributed by atoms with van der Waals surface area (Å²) in [6, 6.07) is 3.90. The fourth-order valence-electron chi connectivity index (χ4n) is 3.02. The van der Waals surface area contributed by atoms with Gasteiger partial charge in [-0.2, -0.15) is 5.10 Å². The Morgan fingerprint density at radius 1 is 1.45 bits per heavy atom. The van der Waals surface area contributed by atoms with Crippen molar-refractivity contribution in [2.75, 3.05) is 5.32 Å². The molecule has 106 valence electrons. The molecule has 1 saturated carbocycles. The molecule has 3 rings (SSSR count). The van der Waals surface area contributed by atoms with Crippen LogP contribution < -0.4 is 5.32 Å². The standard InChI is InChI=1S/C15H20N4O/c1-10-7-8-19(2)14(10)15(20)16-13-9-12(17-18-13)11-5-3-4-6-11/h7-9,11H,3-6H2,1-2H3,(H2,16,17,18,20). The van der Waals surface area contributed by atoms with Crippen LogP contribution in [-0.4, -0.2) is 20.7 Å². The molecule has 1 aliphatic carbocycles. The third kappa shape index (κ3) is 2.35. The zero-order chi connectivity index (χ0) is 14.1. The molecule has 1 fully saturated rings. The van der Waals surface area contributed by atoms with Crippen LogP contribution in [0.2, 0.25) is 0 Å². The summed E-state index contributed by atoms with van der Waals surface area (Å²) in [5.74, 6) is 1.07. The molecule has 0 spiro atoms. The lowest BCUT2D eigenvalue weighted by Gasteiger charge is -2.05. The number of carbonyl (C=O) groups is 1. The first kappa shape index (κ1) is 13.0. The van der Waals surface area contributed by atoms with Crippen molar-refractivity contribution in [3.8, 4) is 0 Å². The van der Waals surface area contributed by atoms with Gasteiger partial charge in [0.2, 0.25) is 0 Å². The van der Waals surface area contributed by atoms with Gasteiger partial charge >= 0.3 is 0 Å². The molecule has 2 heterocycles. The lowest BCUT2D eigenvalue weighted by molar-refractivity contribution is 0.101. The maximum absolute atomic E-state index is 12.3. The molecule has 20 heavy (non-hydrogen) atoms. The van der Waals surface area contributed by atoms with Gasteiger partial charge in [0.15, 0.2) is 5.82 Å². The second-order valence-corrected chi connectivity index (χ2v) is 5.60. The minimum atomic E-state index is -0.112. The number of rotatable bonds is 3. The maximum Gasteiger partial charge on any atom is 0.273 e. The van der Waals surface area contributed by atoms with E-state index in [1.165, 1.54) is 25.7 Å². The van der Waals surface area contributed by atoms with Crippen LogP contribution in [0, 0.1) is 6.92 Å². The van der Waals surface area contributed by atoms with Crippen LogP contribution in [0.25, 0.3) is 0 Å². The number of H-pyrrole nitrogens is 1. The van der Waals surface area contributed by atoms with Crippen molar-refractivity contribution in [2.24, 2.45) is 7.05 Å². The second-order valence-electron chi connectivity index (χ2n) is 5.60. The van der Waals surface area contributed by atoms with E-state index in [0.29, 0.717) is 17.4 Å². The van der Waals surface area contributed by atoms with Gasteiger partial charge in [0.05, 0.1) is 0 Å². The Labute approximate surface area is 118 Å². The number of aromatic nitrogens is 3. The van der Waals surface area contributed by atoms with Crippen LogP contribution in [-0.2, 0) is 7.05 Å². The zero-order valence-electron chi connectivity index (χ0n) is 11.9. The van der Waals surface area contributed by atoms with E-state index < -0.39 is 0 Å². The lowest BCUT2D eigenvalue weighted by atomic mass is 10.0. The number of hydrogen-bond donors (Lipinski definition) is 2. The number of carbonyl (C=O) groups excluding carboxylic acids is 1. The van der Waals surface area contributed by atoms with Crippen molar-refractivity contribution in [2.45, 2.75) is 38.5 Å². The third-order valence-corrected chi connectivity index (χ3v) is 4.12. The summed E-state index contributed by atoms with van der Waals surface area (Å²) in [5.41, 5.74) is 2.79. The summed E-state index contributed by atoms with van der Waals surface area (Å²) < 4.78 is 1.83. The second kappa shape index (κ2) is 5.15. The van der Waals surface area contributed by atoms with E-state index in [4.69, 9.17) is 0 Å². The largest absolute Gasteiger partial charge is 0.346 e. The average Bonchev–Trinajstić information content (AvgIpc) is 3.10. The Morgan fingerprint density at radius 3 is 2.85 bits per heavy atom. The monoisotopic (exact) mass is 272 g/mol. The van der Waals surface area contributed by atoms with Crippen molar-refractivity contribution in [3.05, 3.63) is 35.3 Å². The average molecular weight is 272 g/mol. The van der Waals surface area contributed by atoms with Gasteiger partial charge in [0.25, 0.3) is 5.91 Å². The molecule has 0 unspecified atom stereocenters. The van der Waals surface area contributed by atoms with E-state index in [1.54, 1.807) is 0 Å². The number of amides is 1. The minimum Gasteiger partial charge on any atom is -0.346 e. The predicted octanol–water partition coefficient (Wildman–Crippen LogP) is 2.97. The van der Waals surface area contributed by atoms with Crippen molar-refractivity contribution in [3.63, 3.8) is 0 Å². The van der Waals surface area contributed by atoms with Gasteiger partial charge in [0, 0.05) is 30.9 Å². The molecule has 0 bridgehead atoms. The summed E-state index contributed by atoms with van der Waals surface area (Å²) in [5, 5.41) is 10.1. The van der Waals surface area contributed by atoms with E-state index in [1.807, 2.05) is 36.9 Å². The third-order valence-electron chi connectivity index (χ3n) is 4.12. The molecule has 2 N–H and O–H groups in total. The van der Waals surface area contributed by atoms with Crippen molar-refractivity contribution < 1.29 is 4.79 Å². The first-order chi connectivity index (χ1) is 9.65. The molecule has 0 radical (unpaired) electrons. The van der Waals surface area contributed by atoms with Crippen LogP contribution in [0.3, 0.4) is 0 Å². The van der Waals surface area contributed by atoms with Crippen LogP contribution >= 0.6 is 0 Å². The molecule has 1 amide bonds. The maximum atomic E-state index is 12.3. The van der Waals surface area contributed by atoms with Gasteiger partial charge in [-0.25, -0.2) is 0 Å². The van der Waals surface area contributed by atoms with Gasteiger partial charge in [0.1, 0.15) is 5.69 Å². The molecular formula is C15H20N4O. The summed E-state index contributed by atoms with van der Waals surface area (Å²) in [6.45, 7) is 1.93. The molecule has 2 aromatic heterocycles. The Balaban J connectivity index is 1.73. The zero-order valence-corrected chi connectivity index (χ0v) is 11.9. The molecule has 0 saturated heterocycles. The van der Waals surface area contributed by atoms with E-state index in [0.717, 1.165) is 11.3 Å². The Bertz CT molecular complexity index is 600. The Kier molecular flexibility index (Phi) is 3.34. The van der Waals surface area contributed by atoms with Crippen molar-refractivity contribution >= 4 is 11.7 Å². The summed E-state index contributed by atoms with van der Waals surface area (Å²) in [4.78, 5) is 12.3. The normalized spacial score (nSPS) is 15.7. The van der Waals surface area contributed by atoms with Crippen LogP contribution in [0.5, 0.6) is 0 Å². The molecule has 0 aliphatic heterocycles. The summed E-state index contributed by atoms with van der Waals surface area (Å²) in [6.07, 6.45) is 6.89. The Morgan fingerprint density at radius 2 is 2.20 bits per heavy atom. The topological polar surface area (TPSA) is 62.7 Å². The quantitative estimate of drug-likeness (QED) is 0.902. The molecule has 5 heteroatoms. The van der Waals surface area contributed by atoms with Gasteiger partial charge in [-0.05, 0) is 31.4 Å². The smallest absolute Gasteiger partial charge is 0.273 e. The number of aryl methyl sites for hydroxylation is 2. The number of nitrogens with one attached hydrogen (secondary N) is 2. The number of anilines is 1. The highest BCUT2D eigenvalue weighted by atomic mass is 16.2. The van der Waals surface area contributed by atoms with Gasteiger partial charge in [-0.1, -0.05) is 12.8 Å². The van der Waals surface area contributed by atoms with E-state index in [2.05, 4.69) is 15.5 Å². The van der Waals surface area contributed by atoms with E-state index in [-0.39, 0.29) is 5.91 Å². The lowest BCUT2D eigenvalue weighted by Crippen LogP contribution is -2.16. The number of nitrogens with zero attached hydrogens (tertiary/aromatic N) is 2. The van der Waals surface area contributed by atoms with Crippen molar-refractivity contribution in [1.29, 1.82) is 0 Å². The van der Waals surface area contributed by atoms with Crippen LogP contribution in [0.15, 0.2) is 18.3 Å². The molecule has 5 nitrogen and oxygen atoms in total. The molecule has 1 aliphatic rings. The highest BCUT2D eigenvalue weighted by molar-refractivity contribution is 6.03. The van der Waals surface area contributed by atoms with Crippen molar-refractivity contribution in [1.82, 2.24) is 14.8 Å². The fraction of sp³-hybridized carbons (Fsp3) is 0.467. The SMILES string of the molecule is Cc1ccn(C)c1C(=O)Nc1cc(C2CCCC2)[nH]n1. The highest BCUT2D eigenvalue weighted by Gasteiger charge is 2.20. The van der Waals surface area contributed by atoms with Gasteiger partial charge < -0.3 is 9.88 Å². The molecular weight excluding hydrogens is 252 g/mol. The predicted molar refractivity (Wildman–Crippen MR) is 77.9 cm³/mol. The van der Waals surface area contributed by atoms with Crippen LogP contribution in [0.4, 0.5) is 5.82 Å². The highest BCUT2D eigenvalue weighted by Crippen LogP contribution is 2.33. The first-order valence-corrected chi connectivity index (χ1v) is 7.13. The number of hydrogen-bond acceptors (Lipinski definition) is 2. The van der Waals surface area contributed by atoms with Gasteiger partial charge in [-0.3, -0.25) is 9.89 Å². The van der Waals surface area contributed by atoms with Crippen LogP contribution in [0.1, 0.15) is 53.3 Å². The minimum absolute atomic E-state index is 0.112. The summed E-state index contributed by atoms with van der Waals surface area (Å²) in [7, 11) is 1.87. The van der Waals surface area contributed by atoms with E-state index in [9.17, 15) is 4.79 Å². The molecule has 0 aromatic carbocycles. The molecule has 2 aromatic rings. The fourth-order valence-corrected chi connectivity index (χ4v) is 3.02. The number of aromatic amines is 1. The van der Waals surface area contributed by atoms with Gasteiger partial charge in [-0.15, -0.1) is 0 Å². The Hall–Kier alpha value is -2.04. The van der Waals surface area contributed by atoms with E-state index >= 15 is 0 Å².